The number of carbonyl (C=O) groups is 3. The molecule has 4 rings (SSSR count). The summed E-state index contributed by atoms with van der Waals surface area (Å²) in [7, 11) is 1.61. The molecule has 174 valence electrons. The van der Waals surface area contributed by atoms with Crippen molar-refractivity contribution in [3.8, 4) is 11.5 Å². The fraction of sp³-hybridized carbons (Fsp3) is 0.375. The monoisotopic (exact) mass is 454 g/mol. The quantitative estimate of drug-likeness (QED) is 0.680. The minimum Gasteiger partial charge on any atom is -0.497 e. The van der Waals surface area contributed by atoms with Crippen molar-refractivity contribution in [2.24, 2.45) is 0 Å². The second kappa shape index (κ2) is 9.91. The average molecular weight is 454 g/mol. The maximum Gasteiger partial charge on any atom is 0.325 e. The first-order chi connectivity index (χ1) is 15.9. The van der Waals surface area contributed by atoms with E-state index in [-0.39, 0.29) is 25.4 Å². The number of carboxylic acids is 1. The van der Waals surface area contributed by atoms with Crippen LogP contribution in [0, 0.1) is 0 Å². The number of hydroxylamine groups is 2. The Kier molecular flexibility index (Phi) is 6.79. The summed E-state index contributed by atoms with van der Waals surface area (Å²) < 4.78 is 10.9. The van der Waals surface area contributed by atoms with E-state index < -0.39 is 11.9 Å². The maximum atomic E-state index is 12.7. The molecule has 0 aromatic heterocycles. The Hall–Kier alpha value is -3.59. The van der Waals surface area contributed by atoms with Crippen molar-refractivity contribution >= 4 is 23.5 Å². The van der Waals surface area contributed by atoms with Crippen LogP contribution in [-0.2, 0) is 38.6 Å². The number of benzene rings is 2. The van der Waals surface area contributed by atoms with E-state index in [0.717, 1.165) is 28.1 Å². The van der Waals surface area contributed by atoms with Crippen LogP contribution in [0.15, 0.2) is 36.4 Å². The number of rotatable bonds is 7. The molecule has 0 atom stereocenters. The Labute approximate surface area is 191 Å². The molecule has 1 N–H and O–H groups in total. The molecular formula is C24H26N2O7. The molecule has 0 aliphatic carbocycles. The number of anilines is 1. The molecule has 2 aromatic carbocycles. The Bertz CT molecular complexity index is 1050. The highest BCUT2D eigenvalue weighted by molar-refractivity contribution is 5.98. The van der Waals surface area contributed by atoms with Gasteiger partial charge >= 0.3 is 11.9 Å². The highest BCUT2D eigenvalue weighted by Gasteiger charge is 2.28. The van der Waals surface area contributed by atoms with Gasteiger partial charge in [0.2, 0.25) is 0 Å². The van der Waals surface area contributed by atoms with Gasteiger partial charge in [-0.2, -0.15) is 0 Å². The van der Waals surface area contributed by atoms with Crippen LogP contribution in [0.1, 0.15) is 29.5 Å². The number of methoxy groups -OCH3 is 1. The molecule has 2 aliphatic heterocycles. The number of fused-ring (bicyclic) bond motifs is 2. The zero-order valence-electron chi connectivity index (χ0n) is 18.4. The van der Waals surface area contributed by atoms with E-state index in [9.17, 15) is 14.4 Å². The smallest absolute Gasteiger partial charge is 0.325 e. The van der Waals surface area contributed by atoms with Crippen molar-refractivity contribution in [3.05, 3.63) is 53.1 Å². The second-order valence-corrected chi connectivity index (χ2v) is 7.99. The minimum atomic E-state index is -1.03. The molecule has 1 amide bonds. The highest BCUT2D eigenvalue weighted by atomic mass is 16.7. The Morgan fingerprint density at radius 3 is 2.42 bits per heavy atom. The molecule has 0 spiro atoms. The first-order valence-corrected chi connectivity index (χ1v) is 10.8. The predicted molar refractivity (Wildman–Crippen MR) is 118 cm³/mol. The van der Waals surface area contributed by atoms with Gasteiger partial charge in [0.25, 0.3) is 5.91 Å². The van der Waals surface area contributed by atoms with E-state index in [1.807, 2.05) is 36.4 Å². The minimum absolute atomic E-state index is 0.0186. The molecule has 0 saturated carbocycles. The van der Waals surface area contributed by atoms with Gasteiger partial charge in [0, 0.05) is 13.1 Å². The van der Waals surface area contributed by atoms with Crippen molar-refractivity contribution in [3.63, 3.8) is 0 Å². The van der Waals surface area contributed by atoms with E-state index in [0.29, 0.717) is 38.2 Å². The largest absolute Gasteiger partial charge is 0.497 e. The van der Waals surface area contributed by atoms with E-state index in [1.54, 1.807) is 17.1 Å². The molecule has 0 saturated heterocycles. The van der Waals surface area contributed by atoms with Crippen molar-refractivity contribution in [2.45, 2.75) is 32.2 Å². The zero-order chi connectivity index (χ0) is 23.4. The van der Waals surface area contributed by atoms with Crippen molar-refractivity contribution in [1.82, 2.24) is 5.06 Å². The number of carbonyl (C=O) groups excluding carboxylic acids is 2. The summed E-state index contributed by atoms with van der Waals surface area (Å²) in [6.07, 6.45) is 0.850. The Balaban J connectivity index is 1.48. The molecule has 33 heavy (non-hydrogen) atoms. The van der Waals surface area contributed by atoms with Crippen molar-refractivity contribution in [2.75, 3.05) is 31.7 Å². The predicted octanol–water partition coefficient (Wildman–Crippen LogP) is 2.34. The molecule has 9 heteroatoms. The molecule has 0 fully saturated rings. The van der Waals surface area contributed by atoms with E-state index in [1.165, 1.54) is 0 Å². The Morgan fingerprint density at radius 2 is 1.76 bits per heavy atom. The SMILES string of the molecule is COc1ccc(CN2C(=O)COc3cc4c(cc32)CCN(OC(=O)CCC(=O)O)CC4)cc1. The Morgan fingerprint density at radius 1 is 1.06 bits per heavy atom. The molecule has 0 unspecified atom stereocenters. The van der Waals surface area contributed by atoms with Crippen LogP contribution in [0.4, 0.5) is 5.69 Å². The maximum absolute atomic E-state index is 12.7. The second-order valence-electron chi connectivity index (χ2n) is 7.99. The molecule has 2 aromatic rings. The third-order valence-electron chi connectivity index (χ3n) is 5.76. The van der Waals surface area contributed by atoms with Gasteiger partial charge in [-0.1, -0.05) is 12.1 Å². The number of amides is 1. The van der Waals surface area contributed by atoms with E-state index >= 15 is 0 Å². The van der Waals surface area contributed by atoms with Gasteiger partial charge in [0.1, 0.15) is 11.5 Å². The lowest BCUT2D eigenvalue weighted by molar-refractivity contribution is -0.190. The number of hydrogen-bond donors (Lipinski definition) is 1. The lowest BCUT2D eigenvalue weighted by Crippen LogP contribution is -2.38. The van der Waals surface area contributed by atoms with Gasteiger partial charge in [-0.15, -0.1) is 5.06 Å². The van der Waals surface area contributed by atoms with Crippen LogP contribution >= 0.6 is 0 Å². The molecule has 0 bridgehead atoms. The van der Waals surface area contributed by atoms with Crippen LogP contribution in [0.5, 0.6) is 11.5 Å². The van der Waals surface area contributed by atoms with E-state index in [2.05, 4.69) is 0 Å². The number of aliphatic carboxylic acids is 1. The van der Waals surface area contributed by atoms with Crippen LogP contribution in [0.25, 0.3) is 0 Å². The summed E-state index contributed by atoms with van der Waals surface area (Å²) in [5, 5.41) is 10.3. The fourth-order valence-corrected chi connectivity index (χ4v) is 3.98. The summed E-state index contributed by atoms with van der Waals surface area (Å²) in [5.74, 6) is -0.280. The van der Waals surface area contributed by atoms with Gasteiger partial charge in [0.05, 0.1) is 32.2 Å². The lowest BCUT2D eigenvalue weighted by Gasteiger charge is -2.30. The number of ether oxygens (including phenoxy) is 2. The van der Waals surface area contributed by atoms with Gasteiger partial charge in [-0.05, 0) is 53.8 Å². The first kappa shape index (κ1) is 22.6. The topological polar surface area (TPSA) is 106 Å². The van der Waals surface area contributed by atoms with Gasteiger partial charge < -0.3 is 24.3 Å². The van der Waals surface area contributed by atoms with Gasteiger partial charge in [-0.25, -0.2) is 0 Å². The van der Waals surface area contributed by atoms with Crippen LogP contribution in [0.3, 0.4) is 0 Å². The zero-order valence-corrected chi connectivity index (χ0v) is 18.4. The molecule has 9 nitrogen and oxygen atoms in total. The highest BCUT2D eigenvalue weighted by Crippen LogP contribution is 2.37. The lowest BCUT2D eigenvalue weighted by atomic mass is 10.00. The number of carboxylic acid groups (broad SMARTS) is 1. The van der Waals surface area contributed by atoms with Gasteiger partial charge in [0.15, 0.2) is 6.61 Å². The van der Waals surface area contributed by atoms with Crippen molar-refractivity contribution in [1.29, 1.82) is 0 Å². The van der Waals surface area contributed by atoms with Crippen molar-refractivity contribution < 1.29 is 33.8 Å². The third kappa shape index (κ3) is 5.43. The molecule has 2 heterocycles. The summed E-state index contributed by atoms with van der Waals surface area (Å²) in [6.45, 7) is 1.39. The number of hydrogen-bond acceptors (Lipinski definition) is 7. The molecule has 2 aliphatic rings. The summed E-state index contributed by atoms with van der Waals surface area (Å²) in [4.78, 5) is 42.3. The summed E-state index contributed by atoms with van der Waals surface area (Å²) >= 11 is 0. The fourth-order valence-electron chi connectivity index (χ4n) is 3.98. The molecular weight excluding hydrogens is 428 g/mol. The first-order valence-electron chi connectivity index (χ1n) is 10.8. The molecule has 0 radical (unpaired) electrons. The van der Waals surface area contributed by atoms with Gasteiger partial charge in [-0.3, -0.25) is 14.4 Å². The summed E-state index contributed by atoms with van der Waals surface area (Å²) in [5.41, 5.74) is 3.85. The average Bonchev–Trinajstić information content (AvgIpc) is 3.00. The standard InChI is InChI=1S/C24H26N2O7/c1-31-19-4-2-16(3-5-19)14-26-20-12-17-8-10-25(33-24(30)7-6-23(28)29)11-9-18(17)13-21(20)32-15-22(26)27/h2-5,12-13H,6-11,14-15H2,1H3,(H,28,29). The van der Waals surface area contributed by atoms with Crippen LogP contribution < -0.4 is 14.4 Å². The normalized spacial score (nSPS) is 15.7. The summed E-state index contributed by atoms with van der Waals surface area (Å²) in [6, 6.07) is 11.5. The number of nitrogens with zero attached hydrogens (tertiary/aromatic N) is 2. The van der Waals surface area contributed by atoms with Crippen LogP contribution in [0.2, 0.25) is 0 Å². The third-order valence-corrected chi connectivity index (χ3v) is 5.76. The van der Waals surface area contributed by atoms with Crippen LogP contribution in [-0.4, -0.2) is 54.8 Å². The van der Waals surface area contributed by atoms with E-state index in [4.69, 9.17) is 19.4 Å².